The van der Waals surface area contributed by atoms with Crippen LogP contribution < -0.4 is 10.6 Å². The van der Waals surface area contributed by atoms with Crippen LogP contribution in [0.25, 0.3) is 0 Å². The van der Waals surface area contributed by atoms with Crippen molar-refractivity contribution in [2.45, 2.75) is 44.9 Å². The molecule has 6 nitrogen and oxygen atoms in total. The normalized spacial score (nSPS) is 19.8. The van der Waals surface area contributed by atoms with Crippen molar-refractivity contribution >= 4 is 41.0 Å². The van der Waals surface area contributed by atoms with Crippen molar-refractivity contribution in [3.8, 4) is 0 Å². The van der Waals surface area contributed by atoms with Gasteiger partial charge in [-0.15, -0.1) is 0 Å². The molecule has 1 aliphatic rings. The Kier molecular flexibility index (Phi) is 5.50. The molecule has 0 aromatic heterocycles. The SMILES string of the molecule is COC(=O)C1CC(NC(=O)OC(C)(C)C)c2c(Cl)cc(Cl)cc2N1. The minimum atomic E-state index is -0.634. The summed E-state index contributed by atoms with van der Waals surface area (Å²) in [6.45, 7) is 5.31. The smallest absolute Gasteiger partial charge is 0.408 e. The van der Waals surface area contributed by atoms with Crippen molar-refractivity contribution in [2.75, 3.05) is 12.4 Å². The molecule has 0 bridgehead atoms. The lowest BCUT2D eigenvalue weighted by molar-refractivity contribution is -0.141. The minimum absolute atomic E-state index is 0.278. The van der Waals surface area contributed by atoms with E-state index in [2.05, 4.69) is 10.6 Å². The highest BCUT2D eigenvalue weighted by Gasteiger charge is 2.35. The Bertz CT molecular complexity index is 658. The molecule has 0 spiro atoms. The maximum Gasteiger partial charge on any atom is 0.408 e. The Morgan fingerprint density at radius 3 is 2.54 bits per heavy atom. The van der Waals surface area contributed by atoms with Gasteiger partial charge >= 0.3 is 12.1 Å². The molecule has 1 aromatic carbocycles. The van der Waals surface area contributed by atoms with Gasteiger partial charge in [0.15, 0.2) is 0 Å². The number of anilines is 1. The lowest BCUT2D eigenvalue weighted by Crippen LogP contribution is -2.43. The van der Waals surface area contributed by atoms with E-state index in [-0.39, 0.29) is 6.42 Å². The van der Waals surface area contributed by atoms with Crippen LogP contribution in [0.15, 0.2) is 12.1 Å². The van der Waals surface area contributed by atoms with Crippen molar-refractivity contribution in [2.24, 2.45) is 0 Å². The second-order valence-corrected chi connectivity index (χ2v) is 7.35. The first-order valence-electron chi connectivity index (χ1n) is 7.43. The van der Waals surface area contributed by atoms with Crippen LogP contribution in [0, 0.1) is 0 Å². The van der Waals surface area contributed by atoms with Crippen LogP contribution in [0.1, 0.15) is 38.8 Å². The van der Waals surface area contributed by atoms with Gasteiger partial charge in [0.05, 0.1) is 13.2 Å². The number of fused-ring (bicyclic) bond motifs is 1. The number of halogens is 2. The summed E-state index contributed by atoms with van der Waals surface area (Å²) in [4.78, 5) is 24.0. The quantitative estimate of drug-likeness (QED) is 0.767. The van der Waals surface area contributed by atoms with Gasteiger partial charge in [-0.2, -0.15) is 0 Å². The second kappa shape index (κ2) is 7.07. The molecule has 0 aliphatic carbocycles. The van der Waals surface area contributed by atoms with E-state index in [1.807, 2.05) is 0 Å². The van der Waals surface area contributed by atoms with Crippen molar-refractivity contribution < 1.29 is 19.1 Å². The number of hydrogen-bond donors (Lipinski definition) is 2. The van der Waals surface area contributed by atoms with E-state index in [4.69, 9.17) is 32.7 Å². The van der Waals surface area contributed by atoms with Crippen molar-refractivity contribution in [1.29, 1.82) is 0 Å². The number of esters is 1. The van der Waals surface area contributed by atoms with Crippen molar-refractivity contribution in [1.82, 2.24) is 5.32 Å². The maximum atomic E-state index is 12.1. The third-order valence-corrected chi connectivity index (χ3v) is 3.95. The Morgan fingerprint density at radius 1 is 1.29 bits per heavy atom. The summed E-state index contributed by atoms with van der Waals surface area (Å²) in [5.41, 5.74) is 0.605. The van der Waals surface area contributed by atoms with Crippen LogP contribution >= 0.6 is 23.2 Å². The van der Waals surface area contributed by atoms with Gasteiger partial charge in [0.2, 0.25) is 0 Å². The minimum Gasteiger partial charge on any atom is -0.467 e. The number of rotatable bonds is 2. The molecule has 24 heavy (non-hydrogen) atoms. The molecule has 1 amide bonds. The molecular weight excluding hydrogens is 355 g/mol. The van der Waals surface area contributed by atoms with Crippen molar-refractivity contribution in [3.05, 3.63) is 27.7 Å². The highest BCUT2D eigenvalue weighted by atomic mass is 35.5. The van der Waals surface area contributed by atoms with Gasteiger partial charge in [0.1, 0.15) is 11.6 Å². The lowest BCUT2D eigenvalue weighted by atomic mass is 9.93. The van der Waals surface area contributed by atoms with Crippen LogP contribution in [0.5, 0.6) is 0 Å². The number of methoxy groups -OCH3 is 1. The summed E-state index contributed by atoms with van der Waals surface area (Å²) in [5.74, 6) is -0.437. The molecule has 0 fully saturated rings. The van der Waals surface area contributed by atoms with E-state index in [1.54, 1.807) is 32.9 Å². The lowest BCUT2D eigenvalue weighted by Gasteiger charge is -2.33. The number of carbonyl (C=O) groups is 2. The largest absolute Gasteiger partial charge is 0.467 e. The summed E-state index contributed by atoms with van der Waals surface area (Å²) in [6, 6.07) is 2.11. The predicted octanol–water partition coefficient (Wildman–Crippen LogP) is 3.92. The van der Waals surface area contributed by atoms with E-state index < -0.39 is 29.7 Å². The molecule has 1 aromatic rings. The molecule has 8 heteroatoms. The standard InChI is InChI=1S/C16H20Cl2N2O4/c1-16(2,3)24-15(22)20-11-7-12(14(21)23-4)19-10-6-8(17)5-9(18)13(10)11/h5-6,11-12,19H,7H2,1-4H3,(H,20,22). The third-order valence-electron chi connectivity index (χ3n) is 3.42. The number of nitrogens with one attached hydrogen (secondary N) is 2. The van der Waals surface area contributed by atoms with Gasteiger partial charge in [-0.1, -0.05) is 23.2 Å². The topological polar surface area (TPSA) is 76.7 Å². The molecular formula is C16H20Cl2N2O4. The van der Waals surface area contributed by atoms with E-state index in [9.17, 15) is 9.59 Å². The molecule has 2 unspecified atom stereocenters. The van der Waals surface area contributed by atoms with Gasteiger partial charge in [0, 0.05) is 27.7 Å². The number of alkyl carbamates (subject to hydrolysis) is 1. The molecule has 2 atom stereocenters. The van der Waals surface area contributed by atoms with Crippen molar-refractivity contribution in [3.63, 3.8) is 0 Å². The summed E-state index contributed by atoms with van der Waals surface area (Å²) in [6.07, 6.45) is -0.310. The molecule has 0 saturated heterocycles. The molecule has 0 radical (unpaired) electrons. The number of benzene rings is 1. The van der Waals surface area contributed by atoms with Crippen LogP contribution in [0.3, 0.4) is 0 Å². The zero-order chi connectivity index (χ0) is 18.1. The van der Waals surface area contributed by atoms with E-state index in [0.29, 0.717) is 21.3 Å². The van der Waals surface area contributed by atoms with Gasteiger partial charge in [0.25, 0.3) is 0 Å². The summed E-state index contributed by atoms with van der Waals surface area (Å²) >= 11 is 12.3. The van der Waals surface area contributed by atoms with Gasteiger partial charge < -0.3 is 20.1 Å². The Morgan fingerprint density at radius 2 is 1.96 bits per heavy atom. The fourth-order valence-corrected chi connectivity index (χ4v) is 3.16. The average molecular weight is 375 g/mol. The summed E-state index contributed by atoms with van der Waals surface area (Å²) in [7, 11) is 1.31. The van der Waals surface area contributed by atoms with Crippen LogP contribution in [-0.2, 0) is 14.3 Å². The zero-order valence-corrected chi connectivity index (χ0v) is 15.4. The second-order valence-electron chi connectivity index (χ2n) is 6.50. The summed E-state index contributed by atoms with van der Waals surface area (Å²) < 4.78 is 10.1. The Balaban J connectivity index is 2.32. The molecule has 0 saturated carbocycles. The van der Waals surface area contributed by atoms with Crippen LogP contribution in [-0.4, -0.2) is 30.8 Å². The van der Waals surface area contributed by atoms with E-state index >= 15 is 0 Å². The van der Waals surface area contributed by atoms with Gasteiger partial charge in [-0.3, -0.25) is 0 Å². The van der Waals surface area contributed by atoms with Crippen LogP contribution in [0.2, 0.25) is 10.0 Å². The first-order valence-corrected chi connectivity index (χ1v) is 8.19. The Labute approximate surface area is 150 Å². The van der Waals surface area contributed by atoms with E-state index in [1.165, 1.54) is 7.11 Å². The molecule has 2 N–H and O–H groups in total. The predicted molar refractivity (Wildman–Crippen MR) is 92.6 cm³/mol. The Hall–Kier alpha value is -1.66. The fraction of sp³-hybridized carbons (Fsp3) is 0.500. The fourth-order valence-electron chi connectivity index (χ4n) is 2.54. The number of amides is 1. The molecule has 132 valence electrons. The third kappa shape index (κ3) is 4.45. The first-order chi connectivity index (χ1) is 11.1. The highest BCUT2D eigenvalue weighted by Crippen LogP contribution is 2.40. The highest BCUT2D eigenvalue weighted by molar-refractivity contribution is 6.35. The molecule has 1 heterocycles. The number of ether oxygens (including phenoxy) is 2. The molecule has 1 aliphatic heterocycles. The maximum absolute atomic E-state index is 12.1. The number of carbonyl (C=O) groups excluding carboxylic acids is 2. The average Bonchev–Trinajstić information content (AvgIpc) is 2.42. The van der Waals surface area contributed by atoms with E-state index in [0.717, 1.165) is 0 Å². The number of hydrogen-bond acceptors (Lipinski definition) is 5. The van der Waals surface area contributed by atoms with Crippen LogP contribution in [0.4, 0.5) is 10.5 Å². The van der Waals surface area contributed by atoms with Gasteiger partial charge in [-0.05, 0) is 32.9 Å². The van der Waals surface area contributed by atoms with Gasteiger partial charge in [-0.25, -0.2) is 9.59 Å². The monoisotopic (exact) mass is 374 g/mol. The molecule has 2 rings (SSSR count). The first kappa shape index (κ1) is 18.7. The summed E-state index contributed by atoms with van der Waals surface area (Å²) in [5, 5.41) is 6.63. The zero-order valence-electron chi connectivity index (χ0n) is 13.9.